The fourth-order valence-electron chi connectivity index (χ4n) is 4.92. The highest BCUT2D eigenvalue weighted by Crippen LogP contribution is 2.54. The molecule has 5 rings (SSSR count). The molecule has 214 valence electrons. The van der Waals surface area contributed by atoms with Crippen LogP contribution in [0.25, 0.3) is 11.1 Å². The van der Waals surface area contributed by atoms with Crippen LogP contribution in [0.15, 0.2) is 72.8 Å². The zero-order valence-corrected chi connectivity index (χ0v) is 23.9. The maximum absolute atomic E-state index is 13.2. The van der Waals surface area contributed by atoms with Crippen molar-refractivity contribution in [1.82, 2.24) is 5.43 Å². The molecule has 0 saturated carbocycles. The molecule has 42 heavy (non-hydrogen) atoms. The van der Waals surface area contributed by atoms with E-state index in [0.717, 1.165) is 35.7 Å². The zero-order chi connectivity index (χ0) is 29.6. The summed E-state index contributed by atoms with van der Waals surface area (Å²) < 4.78 is 17.1. The first kappa shape index (κ1) is 28.0. The van der Waals surface area contributed by atoms with Crippen molar-refractivity contribution in [3.63, 3.8) is 0 Å². The van der Waals surface area contributed by atoms with Crippen LogP contribution in [0.2, 0.25) is 0 Å². The fourth-order valence-corrected chi connectivity index (χ4v) is 4.92. The largest absolute Gasteiger partial charge is 0.497 e. The Morgan fingerprint density at radius 3 is 2.19 bits per heavy atom. The van der Waals surface area contributed by atoms with Gasteiger partial charge in [-0.15, -0.1) is 0 Å². The van der Waals surface area contributed by atoms with Crippen LogP contribution in [-0.4, -0.2) is 33.2 Å². The van der Waals surface area contributed by atoms with Crippen molar-refractivity contribution in [3.8, 4) is 40.3 Å². The van der Waals surface area contributed by atoms with Gasteiger partial charge >= 0.3 is 0 Å². The summed E-state index contributed by atoms with van der Waals surface area (Å²) in [6.07, 6.45) is 1.93. The predicted octanol–water partition coefficient (Wildman–Crippen LogP) is 6.72. The summed E-state index contributed by atoms with van der Waals surface area (Å²) in [5.41, 5.74) is 11.2. The Kier molecular flexibility index (Phi) is 8.20. The summed E-state index contributed by atoms with van der Waals surface area (Å²) in [6.45, 7) is 5.69. The van der Waals surface area contributed by atoms with Crippen molar-refractivity contribution in [1.29, 1.82) is 5.26 Å². The molecule has 1 aliphatic rings. The van der Waals surface area contributed by atoms with Crippen LogP contribution in [0.3, 0.4) is 0 Å². The van der Waals surface area contributed by atoms with Crippen molar-refractivity contribution >= 4 is 34.3 Å². The molecule has 0 bridgehead atoms. The van der Waals surface area contributed by atoms with Gasteiger partial charge in [-0.3, -0.25) is 10.2 Å². The van der Waals surface area contributed by atoms with Crippen LogP contribution < -0.4 is 40.6 Å². The molecule has 0 aromatic heterocycles. The topological polar surface area (TPSA) is 120 Å². The van der Waals surface area contributed by atoms with Gasteiger partial charge in [0.1, 0.15) is 22.9 Å². The number of carbonyl (C=O) groups excluding carboxylic acids is 1. The number of nitrogens with one attached hydrogen (secondary N) is 4. The second kappa shape index (κ2) is 12.3. The minimum atomic E-state index is -0.288. The summed E-state index contributed by atoms with van der Waals surface area (Å²) in [4.78, 5) is 15.4. The van der Waals surface area contributed by atoms with Crippen molar-refractivity contribution in [2.24, 2.45) is 0 Å². The Morgan fingerprint density at radius 2 is 1.57 bits per heavy atom. The molecule has 10 heteroatoms. The molecular weight excluding hydrogens is 532 g/mol. The molecule has 4 aromatic carbocycles. The number of nitrogens with zero attached hydrogens (tertiary/aromatic N) is 2. The van der Waals surface area contributed by atoms with Crippen LogP contribution in [0.1, 0.15) is 24.2 Å². The molecule has 0 unspecified atom stereocenters. The zero-order valence-electron chi connectivity index (χ0n) is 23.9. The average molecular weight is 565 g/mol. The SMILES string of the molecule is CCN(CC)c1ccc2c(c1NNC#N)Nc1c(-c3ccc(OC)cc3)ccc(NC(=O)c3ccc(OC)cc3)c1O2. The normalized spacial score (nSPS) is 11.0. The fraction of sp³-hybridized carbons (Fsp3) is 0.188. The molecule has 1 aliphatic heterocycles. The number of anilines is 5. The number of hydrogen-bond donors (Lipinski definition) is 4. The lowest BCUT2D eigenvalue weighted by molar-refractivity contribution is 0.102. The van der Waals surface area contributed by atoms with Gasteiger partial charge < -0.3 is 29.7 Å². The molecule has 4 aromatic rings. The summed E-state index contributed by atoms with van der Waals surface area (Å²) >= 11 is 0. The third-order valence-corrected chi connectivity index (χ3v) is 7.11. The van der Waals surface area contributed by atoms with Gasteiger partial charge in [-0.25, -0.2) is 5.43 Å². The first-order valence-corrected chi connectivity index (χ1v) is 13.5. The van der Waals surface area contributed by atoms with E-state index in [1.807, 2.05) is 54.7 Å². The van der Waals surface area contributed by atoms with E-state index in [2.05, 4.69) is 40.2 Å². The predicted molar refractivity (Wildman–Crippen MR) is 165 cm³/mol. The highest BCUT2D eigenvalue weighted by molar-refractivity contribution is 6.07. The molecule has 0 atom stereocenters. The number of hydrazine groups is 1. The van der Waals surface area contributed by atoms with E-state index in [9.17, 15) is 10.1 Å². The Bertz CT molecular complexity index is 1630. The molecule has 10 nitrogen and oxygen atoms in total. The third-order valence-electron chi connectivity index (χ3n) is 7.11. The first-order valence-electron chi connectivity index (χ1n) is 13.5. The van der Waals surface area contributed by atoms with E-state index in [1.54, 1.807) is 38.5 Å². The van der Waals surface area contributed by atoms with Gasteiger partial charge in [-0.2, -0.15) is 5.26 Å². The second-order valence-corrected chi connectivity index (χ2v) is 9.37. The minimum absolute atomic E-state index is 0.288. The summed E-state index contributed by atoms with van der Waals surface area (Å²) in [5, 5.41) is 15.8. The van der Waals surface area contributed by atoms with E-state index in [4.69, 9.17) is 14.2 Å². The molecule has 4 N–H and O–H groups in total. The summed E-state index contributed by atoms with van der Waals surface area (Å²) in [7, 11) is 3.21. The summed E-state index contributed by atoms with van der Waals surface area (Å²) in [6, 6.07) is 22.2. The maximum atomic E-state index is 13.2. The molecule has 0 spiro atoms. The molecule has 1 amide bonds. The van der Waals surface area contributed by atoms with E-state index < -0.39 is 0 Å². The molecule has 0 fully saturated rings. The van der Waals surface area contributed by atoms with Gasteiger partial charge in [0.2, 0.25) is 0 Å². The number of methoxy groups -OCH3 is 2. The number of amides is 1. The Labute approximate surface area is 244 Å². The van der Waals surface area contributed by atoms with Gasteiger partial charge in [0.15, 0.2) is 17.7 Å². The smallest absolute Gasteiger partial charge is 0.255 e. The van der Waals surface area contributed by atoms with Gasteiger partial charge in [0, 0.05) is 24.2 Å². The highest BCUT2D eigenvalue weighted by Gasteiger charge is 2.28. The number of benzene rings is 4. The Morgan fingerprint density at radius 1 is 0.905 bits per heavy atom. The van der Waals surface area contributed by atoms with Gasteiger partial charge in [0.05, 0.1) is 31.3 Å². The first-order chi connectivity index (χ1) is 20.5. The number of fused-ring (bicyclic) bond motifs is 2. The van der Waals surface area contributed by atoms with E-state index in [0.29, 0.717) is 45.6 Å². The second-order valence-electron chi connectivity index (χ2n) is 9.37. The number of carbonyl (C=O) groups is 1. The Balaban J connectivity index is 1.61. The summed E-state index contributed by atoms with van der Waals surface area (Å²) in [5.74, 6) is 2.11. The molecule has 0 aliphatic carbocycles. The van der Waals surface area contributed by atoms with Gasteiger partial charge in [0.25, 0.3) is 5.91 Å². The lowest BCUT2D eigenvalue weighted by atomic mass is 10.00. The molecule has 1 heterocycles. The van der Waals surface area contributed by atoms with Crippen LogP contribution >= 0.6 is 0 Å². The monoisotopic (exact) mass is 564 g/mol. The van der Waals surface area contributed by atoms with Crippen molar-refractivity contribution in [3.05, 3.63) is 78.4 Å². The van der Waals surface area contributed by atoms with Crippen LogP contribution in [0, 0.1) is 11.5 Å². The van der Waals surface area contributed by atoms with Crippen LogP contribution in [-0.2, 0) is 0 Å². The number of hydrogen-bond acceptors (Lipinski definition) is 9. The van der Waals surface area contributed by atoms with Crippen molar-refractivity contribution in [2.45, 2.75) is 13.8 Å². The quantitative estimate of drug-likeness (QED) is 0.0833. The van der Waals surface area contributed by atoms with E-state index >= 15 is 0 Å². The van der Waals surface area contributed by atoms with Crippen molar-refractivity contribution < 1.29 is 19.0 Å². The van der Waals surface area contributed by atoms with Crippen LogP contribution in [0.5, 0.6) is 23.0 Å². The maximum Gasteiger partial charge on any atom is 0.255 e. The molecule has 0 saturated heterocycles. The lowest BCUT2D eigenvalue weighted by Crippen LogP contribution is -2.26. The van der Waals surface area contributed by atoms with Crippen LogP contribution in [0.4, 0.5) is 28.4 Å². The average Bonchev–Trinajstić information content (AvgIpc) is 3.04. The minimum Gasteiger partial charge on any atom is -0.497 e. The molecule has 0 radical (unpaired) electrons. The number of rotatable bonds is 10. The lowest BCUT2D eigenvalue weighted by Gasteiger charge is -2.31. The highest BCUT2D eigenvalue weighted by atomic mass is 16.5. The van der Waals surface area contributed by atoms with Gasteiger partial charge in [-0.05, 0) is 80.1 Å². The van der Waals surface area contributed by atoms with E-state index in [1.165, 1.54) is 0 Å². The number of ether oxygens (including phenoxy) is 3. The van der Waals surface area contributed by atoms with E-state index in [-0.39, 0.29) is 5.91 Å². The van der Waals surface area contributed by atoms with Gasteiger partial charge in [-0.1, -0.05) is 12.1 Å². The standard InChI is InChI=1S/C32H32N6O4/c1-5-38(6-2)26-17-18-27-30(29(26)37-34-19-33)36-28-24(20-7-11-22(40-3)12-8-20)15-16-25(31(28)42-27)35-32(39)21-9-13-23(41-4)14-10-21/h7-18,34,36-37H,5-6H2,1-4H3,(H,35,39). The molecular formula is C32H32N6O4. The van der Waals surface area contributed by atoms with Crippen molar-refractivity contribution in [2.75, 3.05) is 48.3 Å². The number of nitriles is 1. The third kappa shape index (κ3) is 5.40. The Hall–Kier alpha value is -5.56.